The lowest BCUT2D eigenvalue weighted by atomic mass is 9.99. The molecule has 3 heteroatoms. The molecule has 76 valence electrons. The fraction of sp³-hybridized carbons (Fsp3) is 0.545. The van der Waals surface area contributed by atoms with E-state index < -0.39 is 0 Å². The zero-order chi connectivity index (χ0) is 9.97. The average Bonchev–Trinajstić information content (AvgIpc) is 2.64. The Labute approximate surface area is 89.7 Å². The van der Waals surface area contributed by atoms with Crippen molar-refractivity contribution in [3.05, 3.63) is 28.5 Å². The minimum Gasteiger partial charge on any atom is -0.316 e. The summed E-state index contributed by atoms with van der Waals surface area (Å²) in [4.78, 5) is 4.17. The summed E-state index contributed by atoms with van der Waals surface area (Å²) in [5.74, 6) is 0.775. The van der Waals surface area contributed by atoms with E-state index in [1.165, 1.54) is 12.0 Å². The van der Waals surface area contributed by atoms with Crippen LogP contribution < -0.4 is 5.32 Å². The number of nitrogens with zero attached hydrogens (tertiary/aromatic N) is 1. The Kier molecular flexibility index (Phi) is 3.04. The maximum atomic E-state index is 5.87. The van der Waals surface area contributed by atoms with Gasteiger partial charge in [-0.15, -0.1) is 0 Å². The lowest BCUT2D eigenvalue weighted by molar-refractivity contribution is 0.579. The molecule has 0 amide bonds. The van der Waals surface area contributed by atoms with E-state index in [2.05, 4.69) is 16.4 Å². The number of aromatic nitrogens is 1. The summed E-state index contributed by atoms with van der Waals surface area (Å²) in [6, 6.07) is 2.15. The molecule has 1 unspecified atom stereocenters. The van der Waals surface area contributed by atoms with Crippen LogP contribution in [-0.4, -0.2) is 18.1 Å². The largest absolute Gasteiger partial charge is 0.316 e. The van der Waals surface area contributed by atoms with Crippen molar-refractivity contribution in [3.63, 3.8) is 0 Å². The molecular formula is C11H15ClN2. The van der Waals surface area contributed by atoms with Crippen LogP contribution in [0.1, 0.15) is 17.5 Å². The van der Waals surface area contributed by atoms with Gasteiger partial charge in [0.05, 0.1) is 0 Å². The Hall–Kier alpha value is -0.600. The quantitative estimate of drug-likeness (QED) is 0.758. The van der Waals surface area contributed by atoms with Gasteiger partial charge in [0.15, 0.2) is 0 Å². The summed E-state index contributed by atoms with van der Waals surface area (Å²) in [7, 11) is 0. The van der Waals surface area contributed by atoms with Crippen molar-refractivity contribution in [2.24, 2.45) is 5.92 Å². The van der Waals surface area contributed by atoms with Gasteiger partial charge >= 0.3 is 0 Å². The number of aryl methyl sites for hydroxylation is 1. The lowest BCUT2D eigenvalue weighted by Crippen LogP contribution is -2.10. The highest BCUT2D eigenvalue weighted by Gasteiger charge is 2.15. The lowest BCUT2D eigenvalue weighted by Gasteiger charge is -2.08. The number of hydrogen-bond acceptors (Lipinski definition) is 2. The second kappa shape index (κ2) is 4.28. The van der Waals surface area contributed by atoms with E-state index in [-0.39, 0.29) is 0 Å². The van der Waals surface area contributed by atoms with Crippen LogP contribution in [0.4, 0.5) is 0 Å². The number of hydrogen-bond donors (Lipinski definition) is 1. The molecule has 1 aliphatic heterocycles. The van der Waals surface area contributed by atoms with Crippen molar-refractivity contribution in [1.29, 1.82) is 0 Å². The summed E-state index contributed by atoms with van der Waals surface area (Å²) in [6.07, 6.45) is 4.30. The van der Waals surface area contributed by atoms with Gasteiger partial charge in [0.2, 0.25) is 0 Å². The Morgan fingerprint density at radius 1 is 1.64 bits per heavy atom. The Balaban J connectivity index is 2.05. The molecule has 0 saturated carbocycles. The molecule has 1 fully saturated rings. The summed E-state index contributed by atoms with van der Waals surface area (Å²) < 4.78 is 0. The molecule has 0 spiro atoms. The second-order valence-electron chi connectivity index (χ2n) is 4.01. The van der Waals surface area contributed by atoms with Gasteiger partial charge in [0.1, 0.15) is 5.15 Å². The maximum Gasteiger partial charge on any atom is 0.131 e. The normalized spacial score (nSPS) is 21.4. The molecular weight excluding hydrogens is 196 g/mol. The molecule has 2 nitrogen and oxygen atoms in total. The summed E-state index contributed by atoms with van der Waals surface area (Å²) >= 11 is 5.87. The Morgan fingerprint density at radius 3 is 3.14 bits per heavy atom. The first-order valence-corrected chi connectivity index (χ1v) is 5.45. The van der Waals surface area contributed by atoms with Crippen molar-refractivity contribution < 1.29 is 0 Å². The fourth-order valence-corrected chi connectivity index (χ4v) is 2.05. The minimum atomic E-state index is 0.623. The first kappa shape index (κ1) is 9.94. The topological polar surface area (TPSA) is 24.9 Å². The van der Waals surface area contributed by atoms with Crippen LogP contribution in [0.3, 0.4) is 0 Å². The van der Waals surface area contributed by atoms with Crippen molar-refractivity contribution in [3.8, 4) is 0 Å². The van der Waals surface area contributed by atoms with Crippen LogP contribution in [0.15, 0.2) is 12.3 Å². The highest BCUT2D eigenvalue weighted by atomic mass is 35.5. The van der Waals surface area contributed by atoms with Crippen LogP contribution in [0.5, 0.6) is 0 Å². The predicted molar refractivity (Wildman–Crippen MR) is 58.7 cm³/mol. The smallest absolute Gasteiger partial charge is 0.131 e. The fourth-order valence-electron chi connectivity index (χ4n) is 1.95. The molecule has 1 aliphatic rings. The molecule has 1 aromatic rings. The number of nitrogens with one attached hydrogen (secondary N) is 1. The second-order valence-corrected chi connectivity index (χ2v) is 4.37. The zero-order valence-corrected chi connectivity index (χ0v) is 9.14. The third-order valence-corrected chi connectivity index (χ3v) is 3.15. The molecule has 1 atom stereocenters. The van der Waals surface area contributed by atoms with Crippen LogP contribution in [0, 0.1) is 12.8 Å². The van der Waals surface area contributed by atoms with E-state index in [0.717, 1.165) is 31.0 Å². The van der Waals surface area contributed by atoms with Gasteiger partial charge in [-0.3, -0.25) is 0 Å². The summed E-state index contributed by atoms with van der Waals surface area (Å²) in [5, 5.41) is 4.00. The molecule has 0 aromatic carbocycles. The van der Waals surface area contributed by atoms with Crippen LogP contribution in [0.2, 0.25) is 5.15 Å². The van der Waals surface area contributed by atoms with Gasteiger partial charge < -0.3 is 5.32 Å². The standard InChI is InChI=1S/C11H15ClN2/c1-8-4-10(7-14-11(8)12)5-9-2-3-13-6-9/h4,7,9,13H,2-3,5-6H2,1H3. The molecule has 14 heavy (non-hydrogen) atoms. The third-order valence-electron chi connectivity index (χ3n) is 2.76. The molecule has 1 saturated heterocycles. The predicted octanol–water partition coefficient (Wildman–Crippen LogP) is 2.20. The van der Waals surface area contributed by atoms with E-state index in [0.29, 0.717) is 5.15 Å². The molecule has 2 rings (SSSR count). The molecule has 0 bridgehead atoms. The van der Waals surface area contributed by atoms with E-state index in [9.17, 15) is 0 Å². The average molecular weight is 211 g/mol. The summed E-state index contributed by atoms with van der Waals surface area (Å²) in [6.45, 7) is 4.30. The first-order chi connectivity index (χ1) is 6.75. The Bertz CT molecular complexity index is 319. The van der Waals surface area contributed by atoms with Crippen molar-refractivity contribution in [2.75, 3.05) is 13.1 Å². The van der Waals surface area contributed by atoms with Crippen molar-refractivity contribution >= 4 is 11.6 Å². The number of pyridine rings is 1. The minimum absolute atomic E-state index is 0.623. The van der Waals surface area contributed by atoms with Gasteiger partial charge in [0, 0.05) is 6.20 Å². The van der Waals surface area contributed by atoms with E-state index in [1.807, 2.05) is 13.1 Å². The number of halogens is 1. The zero-order valence-electron chi connectivity index (χ0n) is 8.39. The van der Waals surface area contributed by atoms with Crippen molar-refractivity contribution in [1.82, 2.24) is 10.3 Å². The maximum absolute atomic E-state index is 5.87. The van der Waals surface area contributed by atoms with Gasteiger partial charge in [-0.1, -0.05) is 17.7 Å². The molecule has 1 aromatic heterocycles. The molecule has 0 aliphatic carbocycles. The van der Waals surface area contributed by atoms with Crippen LogP contribution in [-0.2, 0) is 6.42 Å². The van der Waals surface area contributed by atoms with Gasteiger partial charge in [0.25, 0.3) is 0 Å². The Morgan fingerprint density at radius 2 is 2.50 bits per heavy atom. The van der Waals surface area contributed by atoms with E-state index in [1.54, 1.807) is 0 Å². The van der Waals surface area contributed by atoms with Crippen LogP contribution >= 0.6 is 11.6 Å². The van der Waals surface area contributed by atoms with E-state index >= 15 is 0 Å². The van der Waals surface area contributed by atoms with Gasteiger partial charge in [-0.2, -0.15) is 0 Å². The summed E-state index contributed by atoms with van der Waals surface area (Å²) in [5.41, 5.74) is 2.38. The first-order valence-electron chi connectivity index (χ1n) is 5.07. The van der Waals surface area contributed by atoms with E-state index in [4.69, 9.17) is 11.6 Å². The third kappa shape index (κ3) is 2.25. The highest BCUT2D eigenvalue weighted by Crippen LogP contribution is 2.18. The molecule has 2 heterocycles. The SMILES string of the molecule is Cc1cc(CC2CCNC2)cnc1Cl. The molecule has 1 N–H and O–H groups in total. The monoisotopic (exact) mass is 210 g/mol. The van der Waals surface area contributed by atoms with Crippen molar-refractivity contribution in [2.45, 2.75) is 19.8 Å². The highest BCUT2D eigenvalue weighted by molar-refractivity contribution is 6.30. The van der Waals surface area contributed by atoms with Crippen LogP contribution in [0.25, 0.3) is 0 Å². The molecule has 0 radical (unpaired) electrons. The number of rotatable bonds is 2. The van der Waals surface area contributed by atoms with Gasteiger partial charge in [-0.25, -0.2) is 4.98 Å². The van der Waals surface area contributed by atoms with Gasteiger partial charge in [-0.05, 0) is 49.9 Å².